The zero-order chi connectivity index (χ0) is 14.5. The van der Waals surface area contributed by atoms with Crippen molar-refractivity contribution in [1.29, 1.82) is 0 Å². The molecule has 1 aromatic heterocycles. The van der Waals surface area contributed by atoms with Crippen molar-refractivity contribution >= 4 is 28.1 Å². The van der Waals surface area contributed by atoms with E-state index in [1.807, 2.05) is 0 Å². The van der Waals surface area contributed by atoms with Crippen molar-refractivity contribution in [1.82, 2.24) is 10.4 Å². The third-order valence-electron chi connectivity index (χ3n) is 2.61. The molecule has 1 heterocycles. The third kappa shape index (κ3) is 3.42. The molecule has 102 valence electrons. The highest BCUT2D eigenvalue weighted by Gasteiger charge is 2.05. The van der Waals surface area contributed by atoms with E-state index >= 15 is 0 Å². The molecule has 0 fully saturated rings. The second-order valence-corrected chi connectivity index (χ2v) is 5.01. The van der Waals surface area contributed by atoms with Crippen molar-refractivity contribution in [2.75, 3.05) is 0 Å². The first-order chi connectivity index (χ1) is 9.58. The number of hydrazone groups is 1. The molecule has 20 heavy (non-hydrogen) atoms. The molecule has 0 saturated heterocycles. The molecule has 0 aliphatic heterocycles. The van der Waals surface area contributed by atoms with Crippen LogP contribution in [0.25, 0.3) is 0 Å². The number of hydrogen-bond donors (Lipinski definition) is 2. The van der Waals surface area contributed by atoms with Gasteiger partial charge in [-0.15, -0.1) is 0 Å². The molecular weight excluding hydrogens is 322 g/mol. The number of nitrogens with one attached hydrogen (secondary N) is 1. The van der Waals surface area contributed by atoms with Crippen LogP contribution >= 0.6 is 15.9 Å². The van der Waals surface area contributed by atoms with E-state index in [0.717, 1.165) is 10.0 Å². The Morgan fingerprint density at radius 3 is 2.80 bits per heavy atom. The summed E-state index contributed by atoms with van der Waals surface area (Å²) < 4.78 is 0.828. The molecule has 0 spiro atoms. The molecule has 0 unspecified atom stereocenters. The number of pyridine rings is 1. The van der Waals surface area contributed by atoms with Gasteiger partial charge < -0.3 is 5.11 Å². The van der Waals surface area contributed by atoms with Crippen LogP contribution in [0.4, 0.5) is 0 Å². The highest BCUT2D eigenvalue weighted by molar-refractivity contribution is 9.10. The number of nitrogens with zero attached hydrogens (tertiary/aromatic N) is 2. The van der Waals surface area contributed by atoms with Crippen molar-refractivity contribution in [2.45, 2.75) is 6.92 Å². The van der Waals surface area contributed by atoms with Gasteiger partial charge in [0.1, 0.15) is 5.75 Å². The summed E-state index contributed by atoms with van der Waals surface area (Å²) in [5.41, 5.74) is 4.10. The molecule has 0 radical (unpaired) electrons. The molecule has 1 aromatic carbocycles. The summed E-state index contributed by atoms with van der Waals surface area (Å²) in [5, 5.41) is 13.7. The minimum absolute atomic E-state index is 0.134. The monoisotopic (exact) mass is 333 g/mol. The summed E-state index contributed by atoms with van der Waals surface area (Å²) in [5.74, 6) is -0.204. The van der Waals surface area contributed by atoms with Crippen molar-refractivity contribution < 1.29 is 9.90 Å². The van der Waals surface area contributed by atoms with Gasteiger partial charge in [-0.1, -0.05) is 15.9 Å². The Bertz CT molecular complexity index is 657. The molecule has 0 bridgehead atoms. The Morgan fingerprint density at radius 2 is 2.10 bits per heavy atom. The van der Waals surface area contributed by atoms with Crippen molar-refractivity contribution in [3.63, 3.8) is 0 Å². The van der Waals surface area contributed by atoms with Crippen LogP contribution < -0.4 is 5.43 Å². The number of amides is 1. The van der Waals surface area contributed by atoms with Crippen LogP contribution in [0, 0.1) is 6.92 Å². The Morgan fingerprint density at radius 1 is 1.40 bits per heavy atom. The van der Waals surface area contributed by atoms with E-state index in [-0.39, 0.29) is 11.7 Å². The topological polar surface area (TPSA) is 74.6 Å². The van der Waals surface area contributed by atoms with E-state index in [1.54, 1.807) is 31.2 Å². The maximum absolute atomic E-state index is 11.7. The minimum Gasteiger partial charge on any atom is -0.507 e. The summed E-state index contributed by atoms with van der Waals surface area (Å²) in [6.45, 7) is 1.78. The van der Waals surface area contributed by atoms with E-state index in [0.29, 0.717) is 11.1 Å². The number of carbonyl (C=O) groups is 1. The van der Waals surface area contributed by atoms with Crippen LogP contribution in [0.1, 0.15) is 21.5 Å². The zero-order valence-electron chi connectivity index (χ0n) is 10.7. The lowest BCUT2D eigenvalue weighted by Gasteiger charge is -2.04. The van der Waals surface area contributed by atoms with E-state index in [4.69, 9.17) is 0 Å². The molecule has 2 aromatic rings. The minimum atomic E-state index is -0.338. The summed E-state index contributed by atoms with van der Waals surface area (Å²) >= 11 is 3.34. The quantitative estimate of drug-likeness (QED) is 0.669. The van der Waals surface area contributed by atoms with Gasteiger partial charge in [-0.05, 0) is 36.8 Å². The first-order valence-electron chi connectivity index (χ1n) is 5.80. The van der Waals surface area contributed by atoms with Gasteiger partial charge in [-0.25, -0.2) is 5.43 Å². The maximum Gasteiger partial charge on any atom is 0.271 e. The van der Waals surface area contributed by atoms with Gasteiger partial charge in [0.25, 0.3) is 5.91 Å². The van der Waals surface area contributed by atoms with Gasteiger partial charge in [-0.3, -0.25) is 9.78 Å². The van der Waals surface area contributed by atoms with Crippen molar-refractivity contribution in [3.8, 4) is 5.75 Å². The zero-order valence-corrected chi connectivity index (χ0v) is 12.3. The van der Waals surface area contributed by atoms with Crippen LogP contribution in [0.15, 0.2) is 46.2 Å². The standard InChI is InChI=1S/C14H12BrN3O2/c1-9-6-12(15)7-11(13(9)19)8-17-18-14(20)10-2-4-16-5-3-10/h2-8,19H,1H3,(H,18,20). The average molecular weight is 334 g/mol. The SMILES string of the molecule is Cc1cc(Br)cc(C=NNC(=O)c2ccncc2)c1O. The van der Waals surface area contributed by atoms with E-state index in [9.17, 15) is 9.90 Å². The number of carbonyl (C=O) groups excluding carboxylic acids is 1. The highest BCUT2D eigenvalue weighted by atomic mass is 79.9. The van der Waals surface area contributed by atoms with E-state index in [2.05, 4.69) is 31.4 Å². The number of benzene rings is 1. The van der Waals surface area contributed by atoms with Gasteiger partial charge in [0, 0.05) is 28.0 Å². The molecule has 0 aliphatic carbocycles. The normalized spacial score (nSPS) is 10.7. The number of aromatic nitrogens is 1. The number of aromatic hydroxyl groups is 1. The van der Waals surface area contributed by atoms with Crippen LogP contribution in [0.5, 0.6) is 5.75 Å². The van der Waals surface area contributed by atoms with E-state index < -0.39 is 0 Å². The van der Waals surface area contributed by atoms with Gasteiger partial charge in [0.05, 0.1) is 6.21 Å². The maximum atomic E-state index is 11.7. The number of hydrogen-bond acceptors (Lipinski definition) is 4. The number of rotatable bonds is 3. The molecule has 0 atom stereocenters. The lowest BCUT2D eigenvalue weighted by molar-refractivity contribution is 0.0955. The molecule has 1 amide bonds. The molecule has 2 N–H and O–H groups in total. The predicted octanol–water partition coefficient (Wildman–Crippen LogP) is 2.62. The second kappa shape index (κ2) is 6.29. The first kappa shape index (κ1) is 14.2. The van der Waals surface area contributed by atoms with Crippen molar-refractivity contribution in [3.05, 3.63) is 57.8 Å². The van der Waals surface area contributed by atoms with Gasteiger partial charge in [0.15, 0.2) is 0 Å². The molecular formula is C14H12BrN3O2. The number of phenolic OH excluding ortho intramolecular Hbond substituents is 1. The molecule has 5 nitrogen and oxygen atoms in total. The number of aryl methyl sites for hydroxylation is 1. The Hall–Kier alpha value is -2.21. The fourth-order valence-corrected chi connectivity index (χ4v) is 2.18. The Kier molecular flexibility index (Phi) is 4.47. The molecule has 0 aliphatic rings. The molecule has 0 saturated carbocycles. The predicted molar refractivity (Wildman–Crippen MR) is 79.8 cm³/mol. The highest BCUT2D eigenvalue weighted by Crippen LogP contribution is 2.25. The third-order valence-corrected chi connectivity index (χ3v) is 3.06. The fourth-order valence-electron chi connectivity index (χ4n) is 1.59. The smallest absolute Gasteiger partial charge is 0.271 e. The second-order valence-electron chi connectivity index (χ2n) is 4.10. The average Bonchev–Trinajstić information content (AvgIpc) is 2.44. The molecule has 2 rings (SSSR count). The summed E-state index contributed by atoms with van der Waals surface area (Å²) in [6, 6.07) is 6.68. The fraction of sp³-hybridized carbons (Fsp3) is 0.0714. The Balaban J connectivity index is 2.10. The Labute approximate surface area is 124 Å². The van der Waals surface area contributed by atoms with E-state index in [1.165, 1.54) is 18.6 Å². The largest absolute Gasteiger partial charge is 0.507 e. The van der Waals surface area contributed by atoms with Crippen LogP contribution in [0.2, 0.25) is 0 Å². The van der Waals surface area contributed by atoms with Gasteiger partial charge in [0.2, 0.25) is 0 Å². The molecule has 6 heteroatoms. The summed E-state index contributed by atoms with van der Waals surface area (Å²) in [6.07, 6.45) is 4.45. The van der Waals surface area contributed by atoms with Crippen LogP contribution in [0.3, 0.4) is 0 Å². The van der Waals surface area contributed by atoms with Crippen molar-refractivity contribution in [2.24, 2.45) is 5.10 Å². The number of phenols is 1. The van der Waals surface area contributed by atoms with Crippen LogP contribution in [-0.2, 0) is 0 Å². The number of halogens is 1. The summed E-state index contributed by atoms with van der Waals surface area (Å²) in [7, 11) is 0. The van der Waals surface area contributed by atoms with Gasteiger partial charge >= 0.3 is 0 Å². The van der Waals surface area contributed by atoms with Gasteiger partial charge in [-0.2, -0.15) is 5.10 Å². The lowest BCUT2D eigenvalue weighted by atomic mass is 10.1. The first-order valence-corrected chi connectivity index (χ1v) is 6.60. The summed E-state index contributed by atoms with van der Waals surface area (Å²) in [4.78, 5) is 15.6. The van der Waals surface area contributed by atoms with Crippen LogP contribution in [-0.4, -0.2) is 22.2 Å². The lowest BCUT2D eigenvalue weighted by Crippen LogP contribution is -2.17.